The zero-order chi connectivity index (χ0) is 9.54. The van der Waals surface area contributed by atoms with Crippen molar-refractivity contribution in [1.29, 1.82) is 0 Å². The number of rotatable bonds is 1. The Morgan fingerprint density at radius 3 is 3.00 bits per heavy atom. The minimum Gasteiger partial charge on any atom is -0.294 e. The number of nitrogens with zero attached hydrogens (tertiary/aromatic N) is 3. The van der Waals surface area contributed by atoms with Crippen molar-refractivity contribution in [3.05, 3.63) is 30.1 Å². The van der Waals surface area contributed by atoms with Crippen molar-refractivity contribution in [2.75, 3.05) is 0 Å². The van der Waals surface area contributed by atoms with Gasteiger partial charge in [-0.2, -0.15) is 0 Å². The summed E-state index contributed by atoms with van der Waals surface area (Å²) < 4.78 is 2.88. The fraction of sp³-hybridized carbons (Fsp3) is 0. The summed E-state index contributed by atoms with van der Waals surface area (Å²) in [7, 11) is 0. The van der Waals surface area contributed by atoms with Crippen LogP contribution >= 0.6 is 11.3 Å². The zero-order valence-corrected chi connectivity index (χ0v) is 7.86. The molecule has 0 N–H and O–H groups in total. The Hall–Kier alpha value is -1.75. The van der Waals surface area contributed by atoms with Crippen LogP contribution in [-0.2, 0) is 0 Å². The van der Waals surface area contributed by atoms with Crippen LogP contribution < -0.4 is 0 Å². The molecule has 2 aromatic heterocycles. The number of benzene rings is 1. The van der Waals surface area contributed by atoms with E-state index in [1.54, 1.807) is 4.40 Å². The van der Waals surface area contributed by atoms with Gasteiger partial charge in [0.15, 0.2) is 6.29 Å². The molecule has 0 bridgehead atoms. The van der Waals surface area contributed by atoms with Crippen molar-refractivity contribution in [1.82, 2.24) is 14.6 Å². The lowest BCUT2D eigenvalue weighted by Crippen LogP contribution is -1.89. The van der Waals surface area contributed by atoms with Gasteiger partial charge in [0.05, 0.1) is 10.2 Å². The molecule has 0 aliphatic carbocycles. The van der Waals surface area contributed by atoms with E-state index in [4.69, 9.17) is 0 Å². The summed E-state index contributed by atoms with van der Waals surface area (Å²) >= 11 is 1.53. The first kappa shape index (κ1) is 7.64. The Kier molecular flexibility index (Phi) is 1.43. The Morgan fingerprint density at radius 1 is 1.29 bits per heavy atom. The van der Waals surface area contributed by atoms with Crippen molar-refractivity contribution in [2.24, 2.45) is 0 Å². The van der Waals surface area contributed by atoms with Crippen molar-refractivity contribution >= 4 is 32.8 Å². The van der Waals surface area contributed by atoms with Crippen LogP contribution in [-0.4, -0.2) is 20.9 Å². The van der Waals surface area contributed by atoms with Gasteiger partial charge in [0.2, 0.25) is 10.8 Å². The molecular formula is C9H5N3OS. The third-order valence-electron chi connectivity index (χ3n) is 2.07. The Morgan fingerprint density at radius 2 is 2.14 bits per heavy atom. The van der Waals surface area contributed by atoms with E-state index in [9.17, 15) is 4.79 Å². The van der Waals surface area contributed by atoms with Gasteiger partial charge in [-0.15, -0.1) is 10.2 Å². The maximum atomic E-state index is 10.7. The van der Waals surface area contributed by atoms with Gasteiger partial charge in [-0.25, -0.2) is 0 Å². The largest absolute Gasteiger partial charge is 0.294 e. The molecule has 3 rings (SSSR count). The summed E-state index contributed by atoms with van der Waals surface area (Å²) in [6.45, 7) is 0. The van der Waals surface area contributed by atoms with E-state index in [0.29, 0.717) is 5.82 Å². The molecule has 2 heterocycles. The normalized spacial score (nSPS) is 11.1. The lowest BCUT2D eigenvalue weighted by atomic mass is 10.3. The molecule has 0 fully saturated rings. The number of thiazole rings is 1. The smallest absolute Gasteiger partial charge is 0.217 e. The summed E-state index contributed by atoms with van der Waals surface area (Å²) in [4.78, 5) is 11.5. The zero-order valence-electron chi connectivity index (χ0n) is 7.04. The maximum absolute atomic E-state index is 10.7. The number of aromatic nitrogens is 3. The summed E-state index contributed by atoms with van der Waals surface area (Å²) in [5, 5.41) is 7.71. The van der Waals surface area contributed by atoms with Crippen molar-refractivity contribution < 1.29 is 4.79 Å². The molecule has 5 heteroatoms. The molecule has 0 aliphatic heterocycles. The monoisotopic (exact) mass is 203 g/mol. The lowest BCUT2D eigenvalue weighted by molar-refractivity contribution is 0.111. The van der Waals surface area contributed by atoms with Gasteiger partial charge in [0, 0.05) is 0 Å². The molecule has 68 valence electrons. The van der Waals surface area contributed by atoms with Crippen molar-refractivity contribution in [3.8, 4) is 0 Å². The second kappa shape index (κ2) is 2.62. The second-order valence-corrected chi connectivity index (χ2v) is 3.87. The van der Waals surface area contributed by atoms with Crippen molar-refractivity contribution in [3.63, 3.8) is 0 Å². The Balaban J connectivity index is 2.61. The fourth-order valence-corrected chi connectivity index (χ4v) is 2.45. The van der Waals surface area contributed by atoms with E-state index in [-0.39, 0.29) is 0 Å². The van der Waals surface area contributed by atoms with Crippen molar-refractivity contribution in [2.45, 2.75) is 0 Å². The average Bonchev–Trinajstić information content (AvgIpc) is 2.75. The number of para-hydroxylation sites is 1. The molecule has 4 nitrogen and oxygen atoms in total. The molecule has 14 heavy (non-hydrogen) atoms. The maximum Gasteiger partial charge on any atom is 0.217 e. The van der Waals surface area contributed by atoms with Gasteiger partial charge < -0.3 is 0 Å². The van der Waals surface area contributed by atoms with E-state index in [1.165, 1.54) is 11.3 Å². The summed E-state index contributed by atoms with van der Waals surface area (Å²) in [6.07, 6.45) is 0.721. The number of hydrogen-bond donors (Lipinski definition) is 0. The van der Waals surface area contributed by atoms with E-state index < -0.39 is 0 Å². The summed E-state index contributed by atoms with van der Waals surface area (Å²) in [6, 6.07) is 7.85. The molecule has 0 unspecified atom stereocenters. The highest BCUT2D eigenvalue weighted by molar-refractivity contribution is 7.23. The molecule has 3 aromatic rings. The molecular weight excluding hydrogens is 198 g/mol. The molecule has 0 saturated heterocycles. The first-order chi connectivity index (χ1) is 6.90. The molecule has 0 spiro atoms. The van der Waals surface area contributed by atoms with E-state index in [0.717, 1.165) is 21.5 Å². The van der Waals surface area contributed by atoms with Gasteiger partial charge >= 0.3 is 0 Å². The van der Waals surface area contributed by atoms with Gasteiger partial charge in [0.25, 0.3) is 0 Å². The Labute approximate surface area is 82.8 Å². The van der Waals surface area contributed by atoms with Gasteiger partial charge in [0.1, 0.15) is 0 Å². The second-order valence-electron chi connectivity index (χ2n) is 2.86. The van der Waals surface area contributed by atoms with E-state index in [2.05, 4.69) is 10.2 Å². The predicted molar refractivity (Wildman–Crippen MR) is 53.8 cm³/mol. The number of hydrogen-bond acceptors (Lipinski definition) is 4. The van der Waals surface area contributed by atoms with Gasteiger partial charge in [-0.05, 0) is 12.1 Å². The first-order valence-corrected chi connectivity index (χ1v) is 4.89. The van der Waals surface area contributed by atoms with Crippen LogP contribution in [0.4, 0.5) is 0 Å². The molecule has 1 aromatic carbocycles. The van der Waals surface area contributed by atoms with Crippen LogP contribution in [0.25, 0.3) is 15.2 Å². The molecule has 0 amide bonds. The Bertz CT molecular complexity index is 625. The van der Waals surface area contributed by atoms with E-state index >= 15 is 0 Å². The molecule has 0 atom stereocenters. The minimum atomic E-state index is 0.359. The predicted octanol–water partition coefficient (Wildman–Crippen LogP) is 1.76. The molecule has 0 saturated carbocycles. The third kappa shape index (κ3) is 0.843. The lowest BCUT2D eigenvalue weighted by Gasteiger charge is -1.89. The standard InChI is InChI=1S/C9H5N3OS/c13-5-8-10-11-9-12(8)6-3-1-2-4-7(6)14-9/h1-5H. The minimum absolute atomic E-state index is 0.359. The SMILES string of the molecule is O=Cc1nnc2sc3ccccc3n12. The number of carbonyl (C=O) groups excluding carboxylic acids is 1. The van der Waals surface area contributed by atoms with Crippen LogP contribution in [0.2, 0.25) is 0 Å². The van der Waals surface area contributed by atoms with E-state index in [1.807, 2.05) is 24.3 Å². The number of carbonyl (C=O) groups is 1. The topological polar surface area (TPSA) is 47.3 Å². The number of aldehydes is 1. The van der Waals surface area contributed by atoms with Crippen LogP contribution in [0.15, 0.2) is 24.3 Å². The fourth-order valence-electron chi connectivity index (χ4n) is 1.48. The average molecular weight is 203 g/mol. The summed E-state index contributed by atoms with van der Waals surface area (Å²) in [5.41, 5.74) is 0.986. The highest BCUT2D eigenvalue weighted by atomic mass is 32.1. The van der Waals surface area contributed by atoms with Gasteiger partial charge in [-0.1, -0.05) is 23.5 Å². The van der Waals surface area contributed by atoms with Crippen LogP contribution in [0.3, 0.4) is 0 Å². The highest BCUT2D eigenvalue weighted by Gasteiger charge is 2.10. The van der Waals surface area contributed by atoms with Crippen LogP contribution in [0.5, 0.6) is 0 Å². The summed E-state index contributed by atoms with van der Waals surface area (Å²) in [5.74, 6) is 0.359. The first-order valence-electron chi connectivity index (χ1n) is 4.08. The molecule has 0 radical (unpaired) electrons. The number of fused-ring (bicyclic) bond motifs is 3. The van der Waals surface area contributed by atoms with Gasteiger partial charge in [-0.3, -0.25) is 9.20 Å². The molecule has 0 aliphatic rings. The van der Waals surface area contributed by atoms with Crippen LogP contribution in [0.1, 0.15) is 10.6 Å². The highest BCUT2D eigenvalue weighted by Crippen LogP contribution is 2.25. The van der Waals surface area contributed by atoms with Crippen LogP contribution in [0, 0.1) is 0 Å². The quantitative estimate of drug-likeness (QED) is 0.566. The third-order valence-corrected chi connectivity index (χ3v) is 3.08.